The Bertz CT molecular complexity index is 441. The van der Waals surface area contributed by atoms with Gasteiger partial charge in [-0.05, 0) is 18.2 Å². The van der Waals surface area contributed by atoms with Crippen LogP contribution in [0, 0.1) is 0 Å². The standard InChI is InChI=1S/C10H10BrNOS/c1-13-5-4-10-12-8-6-7(11)2-3-9(8)14-10/h2-3,6H,4-5H2,1H3. The lowest BCUT2D eigenvalue weighted by Gasteiger charge is -1.91. The molecular weight excluding hydrogens is 262 g/mol. The fourth-order valence-electron chi connectivity index (χ4n) is 1.24. The van der Waals surface area contributed by atoms with Crippen LogP contribution in [0.3, 0.4) is 0 Å². The number of halogens is 1. The van der Waals surface area contributed by atoms with Crippen molar-refractivity contribution in [2.45, 2.75) is 6.42 Å². The summed E-state index contributed by atoms with van der Waals surface area (Å²) in [6.07, 6.45) is 0.896. The number of thiazole rings is 1. The van der Waals surface area contributed by atoms with E-state index in [1.807, 2.05) is 12.1 Å². The lowest BCUT2D eigenvalue weighted by atomic mass is 10.3. The van der Waals surface area contributed by atoms with Gasteiger partial charge in [0.2, 0.25) is 0 Å². The van der Waals surface area contributed by atoms with Crippen molar-refractivity contribution in [3.63, 3.8) is 0 Å². The highest BCUT2D eigenvalue weighted by Gasteiger charge is 2.03. The van der Waals surface area contributed by atoms with Crippen LogP contribution in [0.5, 0.6) is 0 Å². The minimum Gasteiger partial charge on any atom is -0.384 e. The molecule has 0 aliphatic carbocycles. The van der Waals surface area contributed by atoms with Gasteiger partial charge in [-0.3, -0.25) is 0 Å². The molecule has 4 heteroatoms. The Labute approximate surface area is 95.0 Å². The van der Waals surface area contributed by atoms with Gasteiger partial charge in [0.05, 0.1) is 21.8 Å². The Kier molecular flexibility index (Phi) is 3.15. The molecule has 0 amide bonds. The Morgan fingerprint density at radius 2 is 2.36 bits per heavy atom. The fraction of sp³-hybridized carbons (Fsp3) is 0.300. The molecule has 0 atom stereocenters. The smallest absolute Gasteiger partial charge is 0.0961 e. The van der Waals surface area contributed by atoms with E-state index < -0.39 is 0 Å². The van der Waals surface area contributed by atoms with Crippen molar-refractivity contribution in [1.29, 1.82) is 0 Å². The molecule has 14 heavy (non-hydrogen) atoms. The van der Waals surface area contributed by atoms with Gasteiger partial charge in [-0.2, -0.15) is 0 Å². The van der Waals surface area contributed by atoms with E-state index in [9.17, 15) is 0 Å². The third kappa shape index (κ3) is 2.13. The lowest BCUT2D eigenvalue weighted by molar-refractivity contribution is 0.202. The van der Waals surface area contributed by atoms with Crippen molar-refractivity contribution in [1.82, 2.24) is 4.98 Å². The van der Waals surface area contributed by atoms with Crippen molar-refractivity contribution < 1.29 is 4.74 Å². The second-order valence-corrected chi connectivity index (χ2v) is 4.99. The van der Waals surface area contributed by atoms with E-state index in [1.54, 1.807) is 18.4 Å². The molecule has 0 saturated carbocycles. The van der Waals surface area contributed by atoms with Gasteiger partial charge in [0.15, 0.2) is 0 Å². The number of aromatic nitrogens is 1. The quantitative estimate of drug-likeness (QED) is 0.855. The fourth-order valence-corrected chi connectivity index (χ4v) is 2.52. The summed E-state index contributed by atoms with van der Waals surface area (Å²) < 4.78 is 7.34. The van der Waals surface area contributed by atoms with Crippen LogP contribution in [0.15, 0.2) is 22.7 Å². The van der Waals surface area contributed by atoms with E-state index in [0.29, 0.717) is 0 Å². The molecule has 2 nitrogen and oxygen atoms in total. The van der Waals surface area contributed by atoms with Crippen molar-refractivity contribution in [2.75, 3.05) is 13.7 Å². The minimum atomic E-state index is 0.737. The third-order valence-corrected chi connectivity index (χ3v) is 3.50. The summed E-state index contributed by atoms with van der Waals surface area (Å²) in [4.78, 5) is 4.52. The second-order valence-electron chi connectivity index (χ2n) is 2.96. The van der Waals surface area contributed by atoms with Crippen LogP contribution in [-0.4, -0.2) is 18.7 Å². The van der Waals surface area contributed by atoms with Crippen LogP contribution in [0.1, 0.15) is 5.01 Å². The summed E-state index contributed by atoms with van der Waals surface area (Å²) in [6, 6.07) is 6.18. The maximum absolute atomic E-state index is 5.02. The molecule has 2 aromatic rings. The first-order chi connectivity index (χ1) is 6.79. The first kappa shape index (κ1) is 10.1. The van der Waals surface area contributed by atoms with Crippen LogP contribution in [-0.2, 0) is 11.2 Å². The van der Waals surface area contributed by atoms with Crippen LogP contribution in [0.25, 0.3) is 10.2 Å². The number of rotatable bonds is 3. The van der Waals surface area contributed by atoms with E-state index in [0.717, 1.165) is 28.0 Å². The van der Waals surface area contributed by atoms with Gasteiger partial charge in [0.25, 0.3) is 0 Å². The van der Waals surface area contributed by atoms with Gasteiger partial charge in [-0.25, -0.2) is 4.98 Å². The predicted octanol–water partition coefficient (Wildman–Crippen LogP) is 3.25. The van der Waals surface area contributed by atoms with Gasteiger partial charge in [-0.1, -0.05) is 15.9 Å². The van der Waals surface area contributed by atoms with Crippen molar-refractivity contribution in [3.05, 3.63) is 27.7 Å². The lowest BCUT2D eigenvalue weighted by Crippen LogP contribution is -1.92. The summed E-state index contributed by atoms with van der Waals surface area (Å²) >= 11 is 5.17. The van der Waals surface area contributed by atoms with E-state index in [2.05, 4.69) is 27.0 Å². The molecule has 0 bridgehead atoms. The first-order valence-electron chi connectivity index (χ1n) is 4.33. The molecule has 0 fully saturated rings. The molecule has 1 heterocycles. The van der Waals surface area contributed by atoms with E-state index in [-0.39, 0.29) is 0 Å². The van der Waals surface area contributed by atoms with E-state index in [1.165, 1.54) is 4.70 Å². The number of fused-ring (bicyclic) bond motifs is 1. The summed E-state index contributed by atoms with van der Waals surface area (Å²) in [5, 5.41) is 1.14. The van der Waals surface area contributed by atoms with Crippen LogP contribution >= 0.6 is 27.3 Å². The normalized spacial score (nSPS) is 11.0. The molecular formula is C10H10BrNOS. The monoisotopic (exact) mass is 271 g/mol. The third-order valence-electron chi connectivity index (χ3n) is 1.91. The Hall–Kier alpha value is -0.450. The molecule has 0 unspecified atom stereocenters. The van der Waals surface area contributed by atoms with Crippen molar-refractivity contribution >= 4 is 37.5 Å². The largest absolute Gasteiger partial charge is 0.384 e. The van der Waals surface area contributed by atoms with Gasteiger partial charge in [0.1, 0.15) is 0 Å². The van der Waals surface area contributed by atoms with E-state index >= 15 is 0 Å². The van der Waals surface area contributed by atoms with Crippen molar-refractivity contribution in [3.8, 4) is 0 Å². The summed E-state index contributed by atoms with van der Waals surface area (Å²) in [7, 11) is 1.71. The molecule has 0 radical (unpaired) electrons. The molecule has 0 aliphatic rings. The highest BCUT2D eigenvalue weighted by atomic mass is 79.9. The SMILES string of the molecule is COCCc1nc2cc(Br)ccc2s1. The highest BCUT2D eigenvalue weighted by Crippen LogP contribution is 2.25. The van der Waals surface area contributed by atoms with E-state index in [4.69, 9.17) is 4.74 Å². The van der Waals surface area contributed by atoms with Crippen molar-refractivity contribution in [2.24, 2.45) is 0 Å². The van der Waals surface area contributed by atoms with Gasteiger partial charge < -0.3 is 4.74 Å². The molecule has 0 N–H and O–H groups in total. The molecule has 0 aliphatic heterocycles. The Morgan fingerprint density at radius 3 is 3.14 bits per heavy atom. The molecule has 74 valence electrons. The number of ether oxygens (including phenoxy) is 1. The van der Waals surface area contributed by atoms with Gasteiger partial charge in [0, 0.05) is 18.0 Å². The highest BCUT2D eigenvalue weighted by molar-refractivity contribution is 9.10. The molecule has 0 saturated heterocycles. The number of benzene rings is 1. The summed E-state index contributed by atoms with van der Waals surface area (Å²) in [6.45, 7) is 0.737. The van der Waals surface area contributed by atoms with Gasteiger partial charge in [-0.15, -0.1) is 11.3 Å². The number of nitrogens with zero attached hydrogens (tertiary/aromatic N) is 1. The zero-order valence-electron chi connectivity index (χ0n) is 7.79. The second kappa shape index (κ2) is 4.38. The Morgan fingerprint density at radius 1 is 1.50 bits per heavy atom. The number of hydrogen-bond donors (Lipinski definition) is 0. The van der Waals surface area contributed by atoms with Crippen LogP contribution < -0.4 is 0 Å². The maximum Gasteiger partial charge on any atom is 0.0961 e. The average Bonchev–Trinajstić information content (AvgIpc) is 2.56. The zero-order valence-corrected chi connectivity index (χ0v) is 10.2. The zero-order chi connectivity index (χ0) is 9.97. The predicted molar refractivity (Wildman–Crippen MR) is 62.9 cm³/mol. The molecule has 1 aromatic carbocycles. The number of methoxy groups -OCH3 is 1. The molecule has 2 rings (SSSR count). The summed E-state index contributed by atoms with van der Waals surface area (Å²) in [5.41, 5.74) is 1.07. The molecule has 1 aromatic heterocycles. The van der Waals surface area contributed by atoms with Gasteiger partial charge >= 0.3 is 0 Å². The topological polar surface area (TPSA) is 22.1 Å². The average molecular weight is 272 g/mol. The Balaban J connectivity index is 2.32. The first-order valence-corrected chi connectivity index (χ1v) is 5.94. The van der Waals surface area contributed by atoms with Crippen LogP contribution in [0.2, 0.25) is 0 Å². The maximum atomic E-state index is 5.02. The minimum absolute atomic E-state index is 0.737. The molecule has 0 spiro atoms. The number of hydrogen-bond acceptors (Lipinski definition) is 3. The summed E-state index contributed by atoms with van der Waals surface area (Å²) in [5.74, 6) is 0. The van der Waals surface area contributed by atoms with Crippen LogP contribution in [0.4, 0.5) is 0 Å².